The number of nitrogens with zero attached hydrogens (tertiary/aromatic N) is 2. The third-order valence-electron chi connectivity index (χ3n) is 4.00. The van der Waals surface area contributed by atoms with E-state index in [1.54, 1.807) is 11.7 Å². The molecule has 0 saturated heterocycles. The number of benzene rings is 2. The van der Waals surface area contributed by atoms with E-state index in [4.69, 9.17) is 0 Å². The lowest BCUT2D eigenvalue weighted by molar-refractivity contribution is -0.138. The van der Waals surface area contributed by atoms with Crippen molar-refractivity contribution in [3.8, 4) is 11.3 Å². The first-order chi connectivity index (χ1) is 12.9. The van der Waals surface area contributed by atoms with Crippen molar-refractivity contribution in [1.29, 1.82) is 0 Å². The van der Waals surface area contributed by atoms with E-state index in [0.717, 1.165) is 11.6 Å². The van der Waals surface area contributed by atoms with Crippen molar-refractivity contribution in [2.24, 2.45) is 7.05 Å². The second-order valence-corrected chi connectivity index (χ2v) is 5.86. The largest absolute Gasteiger partial charge is 0.416 e. The Kier molecular flexibility index (Phi) is 5.16. The van der Waals surface area contributed by atoms with Gasteiger partial charge in [0, 0.05) is 19.2 Å². The molecule has 2 N–H and O–H groups in total. The van der Waals surface area contributed by atoms with Gasteiger partial charge in [0.2, 0.25) is 0 Å². The maximum absolute atomic E-state index is 13.0. The van der Waals surface area contributed by atoms with Gasteiger partial charge >= 0.3 is 12.2 Å². The number of nitrogens with one attached hydrogen (secondary N) is 2. The molecule has 0 fully saturated rings. The topological polar surface area (TPSA) is 59.0 Å². The van der Waals surface area contributed by atoms with Gasteiger partial charge in [-0.1, -0.05) is 48.5 Å². The lowest BCUT2D eigenvalue weighted by atomic mass is 10.1. The summed E-state index contributed by atoms with van der Waals surface area (Å²) in [5, 5.41) is 9.24. The van der Waals surface area contributed by atoms with Crippen LogP contribution in [0.4, 0.5) is 23.7 Å². The Morgan fingerprint density at radius 1 is 1.07 bits per heavy atom. The molecule has 27 heavy (non-hydrogen) atoms. The molecule has 0 bridgehead atoms. The van der Waals surface area contributed by atoms with Crippen LogP contribution in [-0.4, -0.2) is 15.8 Å². The van der Waals surface area contributed by atoms with E-state index in [0.29, 0.717) is 11.4 Å². The molecule has 0 unspecified atom stereocenters. The summed E-state index contributed by atoms with van der Waals surface area (Å²) in [6.07, 6.45) is -2.98. The molecule has 2 amide bonds. The predicted octanol–water partition coefficient (Wildman–Crippen LogP) is 4.43. The van der Waals surface area contributed by atoms with E-state index in [1.807, 2.05) is 30.3 Å². The van der Waals surface area contributed by atoms with Crippen LogP contribution in [-0.2, 0) is 19.8 Å². The summed E-state index contributed by atoms with van der Waals surface area (Å²) in [7, 11) is 1.74. The van der Waals surface area contributed by atoms with E-state index in [1.165, 1.54) is 24.4 Å². The summed E-state index contributed by atoms with van der Waals surface area (Å²) in [4.78, 5) is 12.2. The predicted molar refractivity (Wildman–Crippen MR) is 95.9 cm³/mol. The first-order valence-electron chi connectivity index (χ1n) is 8.13. The van der Waals surface area contributed by atoms with Crippen LogP contribution in [0.2, 0.25) is 0 Å². The van der Waals surface area contributed by atoms with Gasteiger partial charge in [-0.15, -0.1) is 0 Å². The van der Waals surface area contributed by atoms with Crippen molar-refractivity contribution >= 4 is 11.7 Å². The van der Waals surface area contributed by atoms with E-state index in [-0.39, 0.29) is 12.1 Å². The third kappa shape index (κ3) is 4.28. The number of urea groups is 1. The number of halogens is 3. The van der Waals surface area contributed by atoms with Gasteiger partial charge in [-0.2, -0.15) is 18.3 Å². The highest BCUT2D eigenvalue weighted by Crippen LogP contribution is 2.32. The summed E-state index contributed by atoms with van der Waals surface area (Å²) in [5.41, 5.74) is 1.24. The van der Waals surface area contributed by atoms with Crippen LogP contribution in [0.15, 0.2) is 60.8 Å². The SMILES string of the molecule is Cn1ncc(NC(=O)NCc2ccccc2C(F)(F)F)c1-c1ccccc1. The molecule has 2 aromatic carbocycles. The van der Waals surface area contributed by atoms with E-state index in [2.05, 4.69) is 15.7 Å². The van der Waals surface area contributed by atoms with Gasteiger partial charge in [0.05, 0.1) is 23.1 Å². The zero-order chi connectivity index (χ0) is 19.4. The highest BCUT2D eigenvalue weighted by atomic mass is 19.4. The van der Waals surface area contributed by atoms with E-state index in [9.17, 15) is 18.0 Å². The quantitative estimate of drug-likeness (QED) is 0.710. The number of carbonyl (C=O) groups excluding carboxylic acids is 1. The average molecular weight is 374 g/mol. The number of alkyl halides is 3. The standard InChI is InChI=1S/C19H17F3N4O/c1-26-17(13-7-3-2-4-8-13)16(12-24-26)25-18(27)23-11-14-9-5-6-10-15(14)19(20,21)22/h2-10,12H,11H2,1H3,(H2,23,25,27). The van der Waals surface area contributed by atoms with Crippen molar-refractivity contribution in [2.75, 3.05) is 5.32 Å². The lowest BCUT2D eigenvalue weighted by Gasteiger charge is -2.14. The fourth-order valence-corrected chi connectivity index (χ4v) is 2.76. The highest BCUT2D eigenvalue weighted by Gasteiger charge is 2.32. The van der Waals surface area contributed by atoms with Crippen molar-refractivity contribution in [2.45, 2.75) is 12.7 Å². The molecule has 3 rings (SSSR count). The molecular formula is C19H17F3N4O. The molecule has 0 aliphatic carbocycles. The Hall–Kier alpha value is -3.29. The number of hydrogen-bond acceptors (Lipinski definition) is 2. The van der Waals surface area contributed by atoms with E-state index < -0.39 is 17.8 Å². The van der Waals surface area contributed by atoms with Gasteiger partial charge in [0.25, 0.3) is 0 Å². The molecule has 5 nitrogen and oxygen atoms in total. The molecule has 0 aliphatic heterocycles. The molecule has 8 heteroatoms. The number of rotatable bonds is 4. The van der Waals surface area contributed by atoms with Gasteiger partial charge in [0.15, 0.2) is 0 Å². The minimum atomic E-state index is -4.47. The molecule has 0 saturated carbocycles. The smallest absolute Gasteiger partial charge is 0.334 e. The maximum atomic E-state index is 13.0. The molecule has 3 aromatic rings. The zero-order valence-electron chi connectivity index (χ0n) is 14.4. The maximum Gasteiger partial charge on any atom is 0.416 e. The summed E-state index contributed by atoms with van der Waals surface area (Å²) in [6, 6.07) is 13.9. The van der Waals surface area contributed by atoms with Crippen LogP contribution >= 0.6 is 0 Å². The zero-order valence-corrected chi connectivity index (χ0v) is 14.4. The van der Waals surface area contributed by atoms with Crippen molar-refractivity contribution < 1.29 is 18.0 Å². The summed E-state index contributed by atoms with van der Waals surface area (Å²) in [6.45, 7) is -0.248. The fraction of sp³-hybridized carbons (Fsp3) is 0.158. The van der Waals surface area contributed by atoms with Crippen LogP contribution in [0.25, 0.3) is 11.3 Å². The number of anilines is 1. The lowest BCUT2D eigenvalue weighted by Crippen LogP contribution is -2.29. The van der Waals surface area contributed by atoms with Crippen LogP contribution < -0.4 is 10.6 Å². The molecule has 1 aromatic heterocycles. The molecule has 0 radical (unpaired) electrons. The van der Waals surface area contributed by atoms with Crippen molar-refractivity contribution in [3.63, 3.8) is 0 Å². The number of aryl methyl sites for hydroxylation is 1. The van der Waals surface area contributed by atoms with Gasteiger partial charge in [0.1, 0.15) is 0 Å². The summed E-state index contributed by atoms with van der Waals surface area (Å²) >= 11 is 0. The van der Waals surface area contributed by atoms with Crippen molar-refractivity contribution in [3.05, 3.63) is 71.9 Å². The van der Waals surface area contributed by atoms with Gasteiger partial charge in [-0.05, 0) is 11.6 Å². The Balaban J connectivity index is 1.72. The van der Waals surface area contributed by atoms with Crippen molar-refractivity contribution in [1.82, 2.24) is 15.1 Å². The Labute approximate surface area is 153 Å². The second kappa shape index (κ2) is 7.53. The second-order valence-electron chi connectivity index (χ2n) is 5.86. The van der Waals surface area contributed by atoms with E-state index >= 15 is 0 Å². The molecule has 140 valence electrons. The van der Waals surface area contributed by atoms with Gasteiger partial charge in [-0.25, -0.2) is 4.79 Å². The summed E-state index contributed by atoms with van der Waals surface area (Å²) < 4.78 is 40.7. The Bertz CT molecular complexity index is 936. The third-order valence-corrected chi connectivity index (χ3v) is 4.00. The first kappa shape index (κ1) is 18.5. The average Bonchev–Trinajstić information content (AvgIpc) is 3.00. The minimum Gasteiger partial charge on any atom is -0.334 e. The number of amides is 2. The van der Waals surface area contributed by atoms with Crippen LogP contribution in [0.1, 0.15) is 11.1 Å². The number of hydrogen-bond donors (Lipinski definition) is 2. The first-order valence-corrected chi connectivity index (χ1v) is 8.13. The highest BCUT2D eigenvalue weighted by molar-refractivity contribution is 5.93. The number of carbonyl (C=O) groups is 1. The van der Waals surface area contributed by atoms with Crippen LogP contribution in [0, 0.1) is 0 Å². The molecule has 1 heterocycles. The molecular weight excluding hydrogens is 357 g/mol. The molecule has 0 spiro atoms. The fourth-order valence-electron chi connectivity index (χ4n) is 2.76. The van der Waals surface area contributed by atoms with Crippen LogP contribution in [0.5, 0.6) is 0 Å². The van der Waals surface area contributed by atoms with Crippen LogP contribution in [0.3, 0.4) is 0 Å². The number of aromatic nitrogens is 2. The molecule has 0 atom stereocenters. The van der Waals surface area contributed by atoms with Gasteiger partial charge < -0.3 is 10.6 Å². The Morgan fingerprint density at radius 2 is 1.74 bits per heavy atom. The normalized spacial score (nSPS) is 11.3. The summed E-state index contributed by atoms with van der Waals surface area (Å²) in [5.74, 6) is 0. The Morgan fingerprint density at radius 3 is 2.44 bits per heavy atom. The molecule has 0 aliphatic rings. The van der Waals surface area contributed by atoms with Gasteiger partial charge in [-0.3, -0.25) is 4.68 Å². The monoisotopic (exact) mass is 374 g/mol. The minimum absolute atomic E-state index is 0.00498.